The Kier molecular flexibility index (Phi) is 9.82. The van der Waals surface area contributed by atoms with Crippen molar-refractivity contribution in [2.45, 2.75) is 48.1 Å². The number of methoxy groups -OCH3 is 1. The molecule has 10 nitrogen and oxygen atoms in total. The predicted molar refractivity (Wildman–Crippen MR) is 126 cm³/mol. The quantitative estimate of drug-likeness (QED) is 0.283. The molecule has 1 aromatic rings. The Hall–Kier alpha value is -3.40. The lowest BCUT2D eigenvalue weighted by atomic mass is 9.85. The van der Waals surface area contributed by atoms with Gasteiger partial charge in [0.15, 0.2) is 6.61 Å². The monoisotopic (exact) mass is 490 g/mol. The number of esters is 3. The summed E-state index contributed by atoms with van der Waals surface area (Å²) in [4.78, 5) is 51.6. The first-order chi connectivity index (χ1) is 16.6. The van der Waals surface area contributed by atoms with Gasteiger partial charge in [0.2, 0.25) is 5.78 Å². The maximum Gasteiger partial charge on any atom is 0.337 e. The van der Waals surface area contributed by atoms with Gasteiger partial charge < -0.3 is 28.8 Å². The minimum atomic E-state index is -1.39. The molecule has 10 heteroatoms. The average Bonchev–Trinajstić information content (AvgIpc) is 3.08. The largest absolute Gasteiger partial charge is 0.463 e. The van der Waals surface area contributed by atoms with E-state index in [9.17, 15) is 19.2 Å². The third-order valence-electron chi connectivity index (χ3n) is 5.73. The van der Waals surface area contributed by atoms with Gasteiger partial charge in [0.25, 0.3) is 0 Å². The summed E-state index contributed by atoms with van der Waals surface area (Å²) in [5.74, 6) is -4.24. The molecule has 1 N–H and O–H groups in total. The van der Waals surface area contributed by atoms with Crippen LogP contribution in [0, 0.1) is 19.8 Å². The molecule has 0 saturated heterocycles. The van der Waals surface area contributed by atoms with Crippen molar-refractivity contribution in [1.29, 1.82) is 0 Å². The van der Waals surface area contributed by atoms with E-state index >= 15 is 0 Å². The Balaban J connectivity index is 2.33. The van der Waals surface area contributed by atoms with Crippen LogP contribution in [0.25, 0.3) is 0 Å². The predicted octanol–water partition coefficient (Wildman–Crippen LogP) is 2.37. The molecule has 0 atom stereocenters. The van der Waals surface area contributed by atoms with Crippen LogP contribution in [0.15, 0.2) is 28.6 Å². The van der Waals surface area contributed by atoms with Crippen molar-refractivity contribution < 1.29 is 38.1 Å². The van der Waals surface area contributed by atoms with Gasteiger partial charge in [-0.15, -0.1) is 0 Å². The van der Waals surface area contributed by atoms with E-state index in [4.69, 9.17) is 18.9 Å². The number of aromatic nitrogens is 1. The van der Waals surface area contributed by atoms with Crippen molar-refractivity contribution in [2.75, 3.05) is 33.5 Å². The van der Waals surface area contributed by atoms with Gasteiger partial charge in [-0.3, -0.25) is 9.59 Å². The smallest absolute Gasteiger partial charge is 0.337 e. The van der Waals surface area contributed by atoms with Crippen LogP contribution in [0.4, 0.5) is 0 Å². The van der Waals surface area contributed by atoms with Crippen molar-refractivity contribution in [3.05, 3.63) is 45.6 Å². The van der Waals surface area contributed by atoms with Crippen molar-refractivity contribution >= 4 is 23.7 Å². The maximum absolute atomic E-state index is 13.3. The first kappa shape index (κ1) is 27.8. The Bertz CT molecular complexity index is 1020. The van der Waals surface area contributed by atoms with Gasteiger partial charge in [-0.2, -0.15) is 0 Å². The van der Waals surface area contributed by atoms with Crippen molar-refractivity contribution in [2.24, 2.45) is 5.92 Å². The zero-order valence-electron chi connectivity index (χ0n) is 21.4. The topological polar surface area (TPSA) is 122 Å². The second-order valence-electron chi connectivity index (χ2n) is 8.04. The summed E-state index contributed by atoms with van der Waals surface area (Å²) >= 11 is 0. The fourth-order valence-corrected chi connectivity index (χ4v) is 4.10. The first-order valence-corrected chi connectivity index (χ1v) is 11.5. The van der Waals surface area contributed by atoms with Crippen LogP contribution < -0.4 is 5.32 Å². The van der Waals surface area contributed by atoms with E-state index in [0.717, 1.165) is 11.4 Å². The van der Waals surface area contributed by atoms with Gasteiger partial charge in [0.05, 0.1) is 31.0 Å². The van der Waals surface area contributed by atoms with Gasteiger partial charge in [-0.1, -0.05) is 0 Å². The van der Waals surface area contributed by atoms with Gasteiger partial charge in [-0.25, -0.2) is 9.59 Å². The SMILES string of the molecule is CCOC(=O)C1=C(C)NC(C)=C(C(=O)OCC)C1C(=O)OCC(=O)c1cc(C)n(CCOC)c1C. The number of ether oxygens (including phenoxy) is 4. The summed E-state index contributed by atoms with van der Waals surface area (Å²) in [6.07, 6.45) is 0. The standard InChI is InChI=1S/C25H34N2O8/c1-8-33-23(29)20-15(4)26-16(5)21(24(30)34-9-2)22(20)25(31)35-13-19(28)18-12-14(3)27(17(18)6)10-11-32-7/h12,22,26H,8-11,13H2,1-7H3. The molecule has 1 aliphatic rings. The van der Waals surface area contributed by atoms with Gasteiger partial charge in [-0.05, 0) is 47.6 Å². The number of carbonyl (C=O) groups excluding carboxylic acids is 4. The Labute approximate surface area is 205 Å². The van der Waals surface area contributed by atoms with Crippen LogP contribution in [-0.4, -0.2) is 61.8 Å². The molecule has 0 unspecified atom stereocenters. The number of nitrogens with one attached hydrogen (secondary N) is 1. The highest BCUT2D eigenvalue weighted by Crippen LogP contribution is 2.32. The van der Waals surface area contributed by atoms with Gasteiger partial charge >= 0.3 is 17.9 Å². The molecule has 0 spiro atoms. The highest BCUT2D eigenvalue weighted by Gasteiger charge is 2.42. The zero-order valence-corrected chi connectivity index (χ0v) is 21.4. The summed E-state index contributed by atoms with van der Waals surface area (Å²) < 4.78 is 22.7. The van der Waals surface area contributed by atoms with E-state index in [-0.39, 0.29) is 24.4 Å². The second-order valence-corrected chi connectivity index (χ2v) is 8.04. The second kappa shape index (κ2) is 12.3. The minimum Gasteiger partial charge on any atom is -0.463 e. The van der Waals surface area contributed by atoms with Gasteiger partial charge in [0.1, 0.15) is 5.92 Å². The third-order valence-corrected chi connectivity index (χ3v) is 5.73. The zero-order chi connectivity index (χ0) is 26.3. The lowest BCUT2D eigenvalue weighted by molar-refractivity contribution is -0.151. The van der Waals surface area contributed by atoms with E-state index in [0.29, 0.717) is 30.1 Å². The summed E-state index contributed by atoms with van der Waals surface area (Å²) in [7, 11) is 1.60. The first-order valence-electron chi connectivity index (χ1n) is 11.5. The number of hydrogen-bond acceptors (Lipinski definition) is 9. The van der Waals surface area contributed by atoms with E-state index in [1.165, 1.54) is 0 Å². The molecule has 1 aromatic heterocycles. The van der Waals surface area contributed by atoms with Crippen LogP contribution in [0.5, 0.6) is 0 Å². The molecule has 35 heavy (non-hydrogen) atoms. The van der Waals surface area contributed by atoms with Crippen LogP contribution in [0.2, 0.25) is 0 Å². The average molecular weight is 491 g/mol. The van der Waals surface area contributed by atoms with Crippen LogP contribution in [-0.2, 0) is 39.9 Å². The number of dihydropyridines is 1. The molecule has 0 fully saturated rings. The van der Waals surface area contributed by atoms with Crippen LogP contribution >= 0.6 is 0 Å². The summed E-state index contributed by atoms with van der Waals surface area (Å²) in [5.41, 5.74) is 2.61. The Morgan fingerprint density at radius 3 is 1.94 bits per heavy atom. The number of hydrogen-bond donors (Lipinski definition) is 1. The molecule has 0 bridgehead atoms. The number of ketones is 1. The molecule has 0 amide bonds. The normalized spacial score (nSPS) is 14.0. The Morgan fingerprint density at radius 2 is 1.46 bits per heavy atom. The molecule has 1 aliphatic heterocycles. The van der Waals surface area contributed by atoms with E-state index in [1.54, 1.807) is 47.8 Å². The van der Waals surface area contributed by atoms with E-state index in [2.05, 4.69) is 5.32 Å². The van der Waals surface area contributed by atoms with Crippen LogP contribution in [0.1, 0.15) is 49.4 Å². The molecule has 0 radical (unpaired) electrons. The van der Waals surface area contributed by atoms with Crippen molar-refractivity contribution in [3.8, 4) is 0 Å². The third kappa shape index (κ3) is 6.19. The molecular weight excluding hydrogens is 456 g/mol. The number of nitrogens with zero attached hydrogens (tertiary/aromatic N) is 1. The number of Topliss-reactive ketones (excluding diaryl/α,β-unsaturated/α-hetero) is 1. The molecule has 192 valence electrons. The number of carbonyl (C=O) groups is 4. The lowest BCUT2D eigenvalue weighted by Crippen LogP contribution is -2.38. The maximum atomic E-state index is 13.3. The summed E-state index contributed by atoms with van der Waals surface area (Å²) in [6, 6.07) is 1.73. The van der Waals surface area contributed by atoms with Crippen molar-refractivity contribution in [1.82, 2.24) is 9.88 Å². The highest BCUT2D eigenvalue weighted by atomic mass is 16.5. The number of rotatable bonds is 11. The Morgan fingerprint density at radius 1 is 0.914 bits per heavy atom. The number of aryl methyl sites for hydroxylation is 1. The molecule has 0 aliphatic carbocycles. The minimum absolute atomic E-state index is 0.0595. The molecular formula is C25H34N2O8. The van der Waals surface area contributed by atoms with Crippen LogP contribution in [0.3, 0.4) is 0 Å². The fraction of sp³-hybridized carbons (Fsp3) is 0.520. The lowest BCUT2D eigenvalue weighted by Gasteiger charge is -2.28. The molecule has 2 heterocycles. The highest BCUT2D eigenvalue weighted by molar-refractivity contribution is 6.06. The number of allylic oxidation sites excluding steroid dienone is 2. The van der Waals surface area contributed by atoms with Crippen molar-refractivity contribution in [3.63, 3.8) is 0 Å². The fourth-order valence-electron chi connectivity index (χ4n) is 4.10. The van der Waals surface area contributed by atoms with E-state index < -0.39 is 36.2 Å². The van der Waals surface area contributed by atoms with Gasteiger partial charge in [0, 0.05) is 42.0 Å². The molecule has 2 rings (SSSR count). The summed E-state index contributed by atoms with van der Waals surface area (Å²) in [5, 5.41) is 2.94. The summed E-state index contributed by atoms with van der Waals surface area (Å²) in [6.45, 7) is 10.8. The molecule has 0 aromatic carbocycles. The van der Waals surface area contributed by atoms with E-state index in [1.807, 2.05) is 11.5 Å². The molecule has 0 saturated carbocycles.